The van der Waals surface area contributed by atoms with Gasteiger partial charge in [0.25, 0.3) is 0 Å². The summed E-state index contributed by atoms with van der Waals surface area (Å²) >= 11 is 0. The molecular weight excluding hydrogens is 196 g/mol. The largest absolute Gasteiger partial charge is 0.314 e. The molecule has 2 unspecified atom stereocenters. The van der Waals surface area contributed by atoms with Crippen LogP contribution in [0.25, 0.3) is 0 Å². The van der Waals surface area contributed by atoms with E-state index in [2.05, 4.69) is 38.0 Å². The Morgan fingerprint density at radius 1 is 1.31 bits per heavy atom. The molecule has 0 heterocycles. The minimum Gasteiger partial charge on any atom is -0.314 e. The van der Waals surface area contributed by atoms with Crippen LogP contribution in [-0.4, -0.2) is 37.1 Å². The summed E-state index contributed by atoms with van der Waals surface area (Å²) in [6.07, 6.45) is 6.91. The number of nitrogens with one attached hydrogen (secondary N) is 1. The highest BCUT2D eigenvalue weighted by Gasteiger charge is 2.22. The van der Waals surface area contributed by atoms with Crippen molar-refractivity contribution in [2.45, 2.75) is 65.0 Å². The van der Waals surface area contributed by atoms with E-state index in [9.17, 15) is 0 Å². The van der Waals surface area contributed by atoms with E-state index in [1.165, 1.54) is 45.2 Å². The summed E-state index contributed by atoms with van der Waals surface area (Å²) in [5, 5.41) is 3.71. The van der Waals surface area contributed by atoms with Crippen LogP contribution in [0.1, 0.15) is 52.9 Å². The molecule has 2 heteroatoms. The normalized spacial score (nSPS) is 25.9. The smallest absolute Gasteiger partial charge is 0.00698 e. The van der Waals surface area contributed by atoms with Crippen LogP contribution in [0.5, 0.6) is 0 Å². The standard InChI is InChI=1S/C14H30N2/c1-5-13-7-8-14(11-13)15-9-6-10-16(4)12(2)3/h12-15H,5-11H2,1-4H3. The Balaban J connectivity index is 2.00. The van der Waals surface area contributed by atoms with Crippen molar-refractivity contribution >= 4 is 0 Å². The Bertz CT molecular complexity index is 180. The molecule has 0 aromatic rings. The highest BCUT2D eigenvalue weighted by atomic mass is 15.1. The van der Waals surface area contributed by atoms with E-state index in [1.807, 2.05) is 0 Å². The maximum absolute atomic E-state index is 3.71. The van der Waals surface area contributed by atoms with Crippen LogP contribution in [0.3, 0.4) is 0 Å². The van der Waals surface area contributed by atoms with Crippen molar-refractivity contribution in [3.8, 4) is 0 Å². The fourth-order valence-corrected chi connectivity index (χ4v) is 2.52. The molecule has 1 aliphatic rings. The van der Waals surface area contributed by atoms with E-state index in [4.69, 9.17) is 0 Å². The zero-order valence-electron chi connectivity index (χ0n) is 11.6. The molecule has 2 atom stereocenters. The molecule has 0 saturated heterocycles. The van der Waals surface area contributed by atoms with E-state index in [-0.39, 0.29) is 0 Å². The number of hydrogen-bond acceptors (Lipinski definition) is 2. The molecule has 2 nitrogen and oxygen atoms in total. The third-order valence-corrected chi connectivity index (χ3v) is 4.12. The first-order valence-corrected chi connectivity index (χ1v) is 7.07. The van der Waals surface area contributed by atoms with E-state index in [1.54, 1.807) is 0 Å². The second kappa shape index (κ2) is 7.29. The van der Waals surface area contributed by atoms with Crippen LogP contribution >= 0.6 is 0 Å². The first-order chi connectivity index (χ1) is 7.63. The number of hydrogen-bond donors (Lipinski definition) is 1. The maximum atomic E-state index is 3.71. The molecule has 0 radical (unpaired) electrons. The lowest BCUT2D eigenvalue weighted by molar-refractivity contribution is 0.267. The summed E-state index contributed by atoms with van der Waals surface area (Å²) in [4.78, 5) is 2.42. The summed E-state index contributed by atoms with van der Waals surface area (Å²) in [5.41, 5.74) is 0. The van der Waals surface area contributed by atoms with Crippen LogP contribution < -0.4 is 5.32 Å². The second-order valence-corrected chi connectivity index (χ2v) is 5.67. The van der Waals surface area contributed by atoms with Gasteiger partial charge in [-0.1, -0.05) is 13.3 Å². The van der Waals surface area contributed by atoms with Gasteiger partial charge in [0.1, 0.15) is 0 Å². The molecule has 1 aliphatic carbocycles. The SMILES string of the molecule is CCC1CCC(NCCCN(C)C(C)C)C1. The van der Waals surface area contributed by atoms with Gasteiger partial charge in [0.2, 0.25) is 0 Å². The first-order valence-electron chi connectivity index (χ1n) is 7.07. The molecular formula is C14H30N2. The zero-order valence-corrected chi connectivity index (χ0v) is 11.6. The molecule has 16 heavy (non-hydrogen) atoms. The molecule has 1 saturated carbocycles. The van der Waals surface area contributed by atoms with Gasteiger partial charge in [-0.25, -0.2) is 0 Å². The maximum Gasteiger partial charge on any atom is 0.00698 e. The van der Waals surface area contributed by atoms with E-state index < -0.39 is 0 Å². The Hall–Kier alpha value is -0.0800. The van der Waals surface area contributed by atoms with Gasteiger partial charge in [-0.2, -0.15) is 0 Å². The summed E-state index contributed by atoms with van der Waals surface area (Å²) < 4.78 is 0. The molecule has 96 valence electrons. The number of rotatable bonds is 7. The Labute approximate surface area is 102 Å². The zero-order chi connectivity index (χ0) is 12.0. The van der Waals surface area contributed by atoms with Gasteiger partial charge in [0.15, 0.2) is 0 Å². The van der Waals surface area contributed by atoms with Gasteiger partial charge in [0, 0.05) is 12.1 Å². The van der Waals surface area contributed by atoms with Crippen LogP contribution in [-0.2, 0) is 0 Å². The summed E-state index contributed by atoms with van der Waals surface area (Å²) in [6.45, 7) is 9.25. The van der Waals surface area contributed by atoms with Crippen molar-refractivity contribution in [1.29, 1.82) is 0 Å². The van der Waals surface area contributed by atoms with E-state index in [0.29, 0.717) is 6.04 Å². The quantitative estimate of drug-likeness (QED) is 0.672. The third kappa shape index (κ3) is 4.84. The van der Waals surface area contributed by atoms with Crippen molar-refractivity contribution in [3.63, 3.8) is 0 Å². The predicted molar refractivity (Wildman–Crippen MR) is 71.8 cm³/mol. The lowest BCUT2D eigenvalue weighted by Gasteiger charge is -2.21. The van der Waals surface area contributed by atoms with Crippen molar-refractivity contribution in [3.05, 3.63) is 0 Å². The predicted octanol–water partition coefficient (Wildman–Crippen LogP) is 2.89. The van der Waals surface area contributed by atoms with Gasteiger partial charge in [-0.15, -0.1) is 0 Å². The Morgan fingerprint density at radius 2 is 2.06 bits per heavy atom. The molecule has 0 aromatic carbocycles. The highest BCUT2D eigenvalue weighted by molar-refractivity contribution is 4.79. The fourth-order valence-electron chi connectivity index (χ4n) is 2.52. The molecule has 1 fully saturated rings. The summed E-state index contributed by atoms with van der Waals surface area (Å²) in [5.74, 6) is 0.996. The lowest BCUT2D eigenvalue weighted by Crippen LogP contribution is -2.32. The van der Waals surface area contributed by atoms with Gasteiger partial charge in [0.05, 0.1) is 0 Å². The fraction of sp³-hybridized carbons (Fsp3) is 1.00. The van der Waals surface area contributed by atoms with Crippen LogP contribution in [0.2, 0.25) is 0 Å². The molecule has 1 rings (SSSR count). The van der Waals surface area contributed by atoms with Crippen LogP contribution in [0, 0.1) is 5.92 Å². The molecule has 0 amide bonds. The number of nitrogens with zero attached hydrogens (tertiary/aromatic N) is 1. The third-order valence-electron chi connectivity index (χ3n) is 4.12. The first kappa shape index (κ1) is 14.0. The minimum atomic E-state index is 0.677. The van der Waals surface area contributed by atoms with Crippen LogP contribution in [0.4, 0.5) is 0 Å². The van der Waals surface area contributed by atoms with Gasteiger partial charge < -0.3 is 10.2 Å². The molecule has 1 N–H and O–H groups in total. The van der Waals surface area contributed by atoms with Crippen molar-refractivity contribution < 1.29 is 0 Å². The molecule has 0 aliphatic heterocycles. The van der Waals surface area contributed by atoms with Gasteiger partial charge in [-0.05, 0) is 65.6 Å². The average molecular weight is 226 g/mol. The van der Waals surface area contributed by atoms with Crippen molar-refractivity contribution in [2.24, 2.45) is 5.92 Å². The summed E-state index contributed by atoms with van der Waals surface area (Å²) in [6, 6.07) is 1.49. The van der Waals surface area contributed by atoms with Crippen molar-refractivity contribution in [2.75, 3.05) is 20.1 Å². The van der Waals surface area contributed by atoms with Crippen LogP contribution in [0.15, 0.2) is 0 Å². The minimum absolute atomic E-state index is 0.677. The van der Waals surface area contributed by atoms with E-state index in [0.717, 1.165) is 12.0 Å². The van der Waals surface area contributed by atoms with Crippen molar-refractivity contribution in [1.82, 2.24) is 10.2 Å². The Kier molecular flexibility index (Phi) is 6.37. The molecule has 0 aromatic heterocycles. The van der Waals surface area contributed by atoms with Gasteiger partial charge in [-0.3, -0.25) is 0 Å². The highest BCUT2D eigenvalue weighted by Crippen LogP contribution is 2.27. The van der Waals surface area contributed by atoms with E-state index >= 15 is 0 Å². The molecule has 0 spiro atoms. The lowest BCUT2D eigenvalue weighted by atomic mass is 10.1. The topological polar surface area (TPSA) is 15.3 Å². The molecule has 0 bridgehead atoms. The Morgan fingerprint density at radius 3 is 2.62 bits per heavy atom. The summed E-state index contributed by atoms with van der Waals surface area (Å²) in [7, 11) is 2.22. The second-order valence-electron chi connectivity index (χ2n) is 5.67. The van der Waals surface area contributed by atoms with Gasteiger partial charge >= 0.3 is 0 Å². The monoisotopic (exact) mass is 226 g/mol. The average Bonchev–Trinajstić information content (AvgIpc) is 2.71.